The number of hydrogen-bond acceptors (Lipinski definition) is 3. The predicted molar refractivity (Wildman–Crippen MR) is 72.5 cm³/mol. The number of nitrogens with zero attached hydrogens (tertiary/aromatic N) is 1. The van der Waals surface area contributed by atoms with Crippen molar-refractivity contribution in [2.75, 3.05) is 6.54 Å². The topological polar surface area (TPSA) is 49.4 Å². The zero-order valence-electron chi connectivity index (χ0n) is 11.8. The van der Waals surface area contributed by atoms with Gasteiger partial charge in [0.2, 0.25) is 11.8 Å². The average molecular weight is 264 g/mol. The number of hydrogen-bond donors (Lipinski definition) is 1. The van der Waals surface area contributed by atoms with Gasteiger partial charge in [-0.2, -0.15) is 0 Å². The third-order valence-electron chi connectivity index (χ3n) is 5.00. The average Bonchev–Trinajstić information content (AvgIpc) is 3.07. The SMILES string of the molecule is CC1(CNC2CC(=O)N(C3CCCCC3)C2=O)CC1. The zero-order chi connectivity index (χ0) is 13.5. The highest BCUT2D eigenvalue weighted by Gasteiger charge is 2.44. The van der Waals surface area contributed by atoms with Crippen molar-refractivity contribution in [2.24, 2.45) is 5.41 Å². The molecule has 1 unspecified atom stereocenters. The second-order valence-corrected chi connectivity index (χ2v) is 6.84. The quantitative estimate of drug-likeness (QED) is 0.788. The van der Waals surface area contributed by atoms with Gasteiger partial charge in [-0.3, -0.25) is 14.5 Å². The maximum atomic E-state index is 12.4. The first-order valence-corrected chi connectivity index (χ1v) is 7.68. The van der Waals surface area contributed by atoms with E-state index < -0.39 is 0 Å². The fraction of sp³-hybridized carbons (Fsp3) is 0.867. The summed E-state index contributed by atoms with van der Waals surface area (Å²) < 4.78 is 0. The van der Waals surface area contributed by atoms with Crippen molar-refractivity contribution in [3.05, 3.63) is 0 Å². The lowest BCUT2D eigenvalue weighted by atomic mass is 9.94. The van der Waals surface area contributed by atoms with Crippen LogP contribution in [-0.4, -0.2) is 35.3 Å². The minimum absolute atomic E-state index is 0.0288. The Kier molecular flexibility index (Phi) is 3.37. The Bertz CT molecular complexity index is 384. The summed E-state index contributed by atoms with van der Waals surface area (Å²) >= 11 is 0. The zero-order valence-corrected chi connectivity index (χ0v) is 11.8. The van der Waals surface area contributed by atoms with Crippen molar-refractivity contribution in [3.8, 4) is 0 Å². The number of nitrogens with one attached hydrogen (secondary N) is 1. The number of imide groups is 1. The van der Waals surface area contributed by atoms with Gasteiger partial charge in [0.25, 0.3) is 0 Å². The van der Waals surface area contributed by atoms with Crippen LogP contribution < -0.4 is 5.32 Å². The molecule has 106 valence electrons. The van der Waals surface area contributed by atoms with Crippen molar-refractivity contribution in [3.63, 3.8) is 0 Å². The number of carbonyl (C=O) groups is 2. The molecule has 19 heavy (non-hydrogen) atoms. The highest BCUT2D eigenvalue weighted by Crippen LogP contribution is 2.44. The van der Waals surface area contributed by atoms with E-state index in [1.807, 2.05) is 0 Å². The Labute approximate surface area is 114 Å². The summed E-state index contributed by atoms with van der Waals surface area (Å²) in [6, 6.07) is -0.0797. The Balaban J connectivity index is 1.59. The minimum Gasteiger partial charge on any atom is -0.305 e. The van der Waals surface area contributed by atoms with Crippen LogP contribution in [0.3, 0.4) is 0 Å². The van der Waals surface area contributed by atoms with Gasteiger partial charge in [-0.25, -0.2) is 0 Å². The lowest BCUT2D eigenvalue weighted by Gasteiger charge is -2.29. The molecule has 4 heteroatoms. The van der Waals surface area contributed by atoms with Gasteiger partial charge >= 0.3 is 0 Å². The van der Waals surface area contributed by atoms with E-state index in [1.54, 1.807) is 4.90 Å². The Morgan fingerprint density at radius 3 is 2.53 bits per heavy atom. The molecule has 4 nitrogen and oxygen atoms in total. The minimum atomic E-state index is -0.258. The van der Waals surface area contributed by atoms with E-state index >= 15 is 0 Å². The van der Waals surface area contributed by atoms with E-state index in [2.05, 4.69) is 12.2 Å². The summed E-state index contributed by atoms with van der Waals surface area (Å²) in [6.07, 6.45) is 8.39. The van der Waals surface area contributed by atoms with E-state index in [0.717, 1.165) is 32.2 Å². The third-order valence-corrected chi connectivity index (χ3v) is 5.00. The van der Waals surface area contributed by atoms with Crippen molar-refractivity contribution >= 4 is 11.8 Å². The first-order valence-electron chi connectivity index (χ1n) is 7.68. The number of amides is 2. The standard InChI is InChI=1S/C15H24N2O2/c1-15(7-8-15)10-16-12-9-13(18)17(14(12)19)11-5-3-2-4-6-11/h11-12,16H,2-10H2,1H3. The van der Waals surface area contributed by atoms with Crippen LogP contribution in [0, 0.1) is 5.41 Å². The van der Waals surface area contributed by atoms with Gasteiger partial charge in [-0.15, -0.1) is 0 Å². The van der Waals surface area contributed by atoms with E-state index in [1.165, 1.54) is 19.3 Å². The van der Waals surface area contributed by atoms with Crippen molar-refractivity contribution in [2.45, 2.75) is 70.4 Å². The summed E-state index contributed by atoms with van der Waals surface area (Å²) in [5.74, 6) is 0.0662. The smallest absolute Gasteiger partial charge is 0.247 e. The molecule has 0 aromatic heterocycles. The molecule has 3 aliphatic rings. The molecule has 2 saturated carbocycles. The number of carbonyl (C=O) groups excluding carboxylic acids is 2. The summed E-state index contributed by atoms with van der Waals surface area (Å²) in [7, 11) is 0. The van der Waals surface area contributed by atoms with E-state index in [-0.39, 0.29) is 23.9 Å². The van der Waals surface area contributed by atoms with E-state index in [4.69, 9.17) is 0 Å². The number of rotatable bonds is 4. The second-order valence-electron chi connectivity index (χ2n) is 6.84. The first kappa shape index (κ1) is 13.1. The maximum absolute atomic E-state index is 12.4. The lowest BCUT2D eigenvalue weighted by Crippen LogP contribution is -2.45. The maximum Gasteiger partial charge on any atom is 0.247 e. The van der Waals surface area contributed by atoms with Crippen molar-refractivity contribution < 1.29 is 9.59 Å². The van der Waals surface area contributed by atoms with Crippen LogP contribution in [0.15, 0.2) is 0 Å². The van der Waals surface area contributed by atoms with Crippen molar-refractivity contribution in [1.82, 2.24) is 10.2 Å². The molecule has 0 aromatic rings. The molecule has 1 N–H and O–H groups in total. The van der Waals surface area contributed by atoms with Gasteiger partial charge in [0.05, 0.1) is 12.5 Å². The van der Waals surface area contributed by atoms with Crippen LogP contribution in [-0.2, 0) is 9.59 Å². The Morgan fingerprint density at radius 2 is 1.89 bits per heavy atom. The van der Waals surface area contributed by atoms with Gasteiger partial charge in [0, 0.05) is 12.6 Å². The normalized spacial score (nSPS) is 31.0. The van der Waals surface area contributed by atoms with Crippen LogP contribution in [0.5, 0.6) is 0 Å². The molecule has 2 aliphatic carbocycles. The van der Waals surface area contributed by atoms with E-state index in [0.29, 0.717) is 11.8 Å². The molecule has 1 saturated heterocycles. The molecule has 1 atom stereocenters. The fourth-order valence-corrected chi connectivity index (χ4v) is 3.29. The van der Waals surface area contributed by atoms with Gasteiger partial charge in [0.1, 0.15) is 0 Å². The highest BCUT2D eigenvalue weighted by molar-refractivity contribution is 6.05. The van der Waals surface area contributed by atoms with Crippen LogP contribution in [0.4, 0.5) is 0 Å². The first-order chi connectivity index (χ1) is 9.09. The molecular formula is C15H24N2O2. The van der Waals surface area contributed by atoms with Gasteiger partial charge in [-0.1, -0.05) is 26.2 Å². The summed E-state index contributed by atoms with van der Waals surface area (Å²) in [5, 5.41) is 3.32. The molecule has 2 amide bonds. The van der Waals surface area contributed by atoms with Crippen LogP contribution in [0.25, 0.3) is 0 Å². The summed E-state index contributed by atoms with van der Waals surface area (Å²) in [5.41, 5.74) is 0.377. The Hall–Kier alpha value is -0.900. The summed E-state index contributed by atoms with van der Waals surface area (Å²) in [6.45, 7) is 3.11. The molecule has 0 bridgehead atoms. The summed E-state index contributed by atoms with van der Waals surface area (Å²) in [4.78, 5) is 26.1. The largest absolute Gasteiger partial charge is 0.305 e. The van der Waals surface area contributed by atoms with Gasteiger partial charge in [0.15, 0.2) is 0 Å². The van der Waals surface area contributed by atoms with Crippen LogP contribution in [0.2, 0.25) is 0 Å². The molecule has 0 radical (unpaired) electrons. The molecule has 1 heterocycles. The molecule has 3 rings (SSSR count). The molecule has 3 fully saturated rings. The predicted octanol–water partition coefficient (Wildman–Crippen LogP) is 1.84. The fourth-order valence-electron chi connectivity index (χ4n) is 3.29. The van der Waals surface area contributed by atoms with Crippen LogP contribution in [0.1, 0.15) is 58.3 Å². The van der Waals surface area contributed by atoms with E-state index in [9.17, 15) is 9.59 Å². The lowest BCUT2D eigenvalue weighted by molar-refractivity contribution is -0.142. The monoisotopic (exact) mass is 264 g/mol. The third kappa shape index (κ3) is 2.69. The molecular weight excluding hydrogens is 240 g/mol. The van der Waals surface area contributed by atoms with Crippen LogP contribution >= 0.6 is 0 Å². The Morgan fingerprint density at radius 1 is 1.21 bits per heavy atom. The molecule has 1 aliphatic heterocycles. The van der Waals surface area contributed by atoms with Gasteiger partial charge < -0.3 is 5.32 Å². The molecule has 0 spiro atoms. The molecule has 0 aromatic carbocycles. The second kappa shape index (κ2) is 4.89. The highest BCUT2D eigenvalue weighted by atomic mass is 16.2. The number of likely N-dealkylation sites (tertiary alicyclic amines) is 1. The van der Waals surface area contributed by atoms with Gasteiger partial charge in [-0.05, 0) is 31.1 Å². The van der Waals surface area contributed by atoms with Crippen molar-refractivity contribution in [1.29, 1.82) is 0 Å².